The lowest BCUT2D eigenvalue weighted by Crippen LogP contribution is -2.46. The normalized spacial score (nSPS) is 14.3. The number of carbonyl (C=O) groups excluding carboxylic acids is 2. The van der Waals surface area contributed by atoms with E-state index in [0.717, 1.165) is 12.8 Å². The van der Waals surface area contributed by atoms with E-state index in [9.17, 15) is 9.59 Å². The highest BCUT2D eigenvalue weighted by molar-refractivity contribution is 5.98. The van der Waals surface area contributed by atoms with E-state index in [0.29, 0.717) is 39.7 Å². The number of benzene rings is 3. The van der Waals surface area contributed by atoms with Gasteiger partial charge in [-0.15, -0.1) is 0 Å². The summed E-state index contributed by atoms with van der Waals surface area (Å²) in [7, 11) is 0. The van der Waals surface area contributed by atoms with Crippen LogP contribution in [0.15, 0.2) is 77.0 Å². The van der Waals surface area contributed by atoms with Crippen molar-refractivity contribution < 1.29 is 34.2 Å². The van der Waals surface area contributed by atoms with E-state index in [1.165, 1.54) is 0 Å². The maximum Gasteiger partial charge on any atom is 0.407 e. The Balaban J connectivity index is 1.61. The third-order valence-electron chi connectivity index (χ3n) is 6.60. The van der Waals surface area contributed by atoms with Gasteiger partial charge in [0.1, 0.15) is 28.6 Å². The summed E-state index contributed by atoms with van der Waals surface area (Å²) in [5.41, 5.74) is 12.0. The predicted molar refractivity (Wildman–Crippen MR) is 167 cm³/mol. The van der Waals surface area contributed by atoms with Gasteiger partial charge in [0.25, 0.3) is 5.91 Å². The van der Waals surface area contributed by atoms with Gasteiger partial charge in [-0.25, -0.2) is 4.79 Å². The van der Waals surface area contributed by atoms with Crippen LogP contribution in [-0.4, -0.2) is 63.2 Å². The largest absolute Gasteiger partial charge is 0.457 e. The minimum atomic E-state index is -0.647. The first-order valence-corrected chi connectivity index (χ1v) is 14.3. The van der Waals surface area contributed by atoms with Gasteiger partial charge < -0.3 is 46.3 Å². The molecule has 0 spiro atoms. The molecule has 7 N–H and O–H groups in total. The molecule has 0 saturated heterocycles. The molecule has 45 heavy (non-hydrogen) atoms. The fourth-order valence-electron chi connectivity index (χ4n) is 4.39. The molecule has 1 atom stereocenters. The number of rotatable bonds is 11. The average Bonchev–Trinajstić information content (AvgIpc) is 3.84. The van der Waals surface area contributed by atoms with E-state index in [2.05, 4.69) is 15.6 Å². The van der Waals surface area contributed by atoms with Crippen molar-refractivity contribution in [3.8, 4) is 23.0 Å². The topological polar surface area (TPSA) is 194 Å². The van der Waals surface area contributed by atoms with Crippen LogP contribution < -0.4 is 26.3 Å². The third-order valence-corrected chi connectivity index (χ3v) is 6.60. The van der Waals surface area contributed by atoms with Gasteiger partial charge in [0.15, 0.2) is 11.7 Å². The molecule has 0 radical (unpaired) electrons. The molecule has 3 aromatic carbocycles. The van der Waals surface area contributed by atoms with Gasteiger partial charge in [0.05, 0.1) is 0 Å². The first-order valence-electron chi connectivity index (χ1n) is 14.3. The first-order chi connectivity index (χ1) is 21.3. The Morgan fingerprint density at radius 3 is 1.71 bits per heavy atom. The summed E-state index contributed by atoms with van der Waals surface area (Å²) in [6.07, 6.45) is 1.15. The van der Waals surface area contributed by atoms with E-state index in [1.54, 1.807) is 92.4 Å². The van der Waals surface area contributed by atoms with Crippen LogP contribution in [0.2, 0.25) is 0 Å². The van der Waals surface area contributed by atoms with Crippen molar-refractivity contribution in [2.75, 3.05) is 6.54 Å². The molecule has 13 heteroatoms. The summed E-state index contributed by atoms with van der Waals surface area (Å²) in [4.78, 5) is 28.0. The number of amides is 2. The molecular weight excluding hydrogens is 580 g/mol. The van der Waals surface area contributed by atoms with Crippen LogP contribution in [0, 0.1) is 0 Å². The molecule has 0 heterocycles. The summed E-state index contributed by atoms with van der Waals surface area (Å²) >= 11 is 0. The summed E-state index contributed by atoms with van der Waals surface area (Å²) in [6, 6.07) is 17.7. The van der Waals surface area contributed by atoms with Crippen molar-refractivity contribution in [1.29, 1.82) is 0 Å². The lowest BCUT2D eigenvalue weighted by atomic mass is 10.1. The second kappa shape index (κ2) is 13.9. The van der Waals surface area contributed by atoms with Gasteiger partial charge >= 0.3 is 6.09 Å². The number of nitrogens with zero attached hydrogens (tertiary/aromatic N) is 3. The SMILES string of the molecule is CC(CN(C(=O)c1cc(Oc2ccc(C(N)=NO)cc2)cc(Oc2ccc(C(N)=NO)cc2)c1)C1CC1)NC(=O)OC(C)(C)C. The fraction of sp³-hybridized carbons (Fsp3) is 0.312. The van der Waals surface area contributed by atoms with E-state index >= 15 is 0 Å². The zero-order chi connectivity index (χ0) is 32.7. The minimum absolute atomic E-state index is 0.0340. The maximum atomic E-state index is 14.0. The van der Waals surface area contributed by atoms with Gasteiger partial charge in [0, 0.05) is 41.4 Å². The summed E-state index contributed by atoms with van der Waals surface area (Å²) in [6.45, 7) is 7.44. The monoisotopic (exact) mass is 618 g/mol. The van der Waals surface area contributed by atoms with Crippen LogP contribution in [0.4, 0.5) is 4.79 Å². The van der Waals surface area contributed by atoms with E-state index in [-0.39, 0.29) is 36.2 Å². The van der Waals surface area contributed by atoms with Crippen molar-refractivity contribution >= 4 is 23.7 Å². The Bertz CT molecular complexity index is 1480. The predicted octanol–water partition coefficient (Wildman–Crippen LogP) is 4.98. The molecule has 0 aliphatic heterocycles. The molecule has 1 fully saturated rings. The highest BCUT2D eigenvalue weighted by atomic mass is 16.6. The van der Waals surface area contributed by atoms with Crippen LogP contribution in [0.1, 0.15) is 62.0 Å². The van der Waals surface area contributed by atoms with Crippen molar-refractivity contribution in [2.24, 2.45) is 21.8 Å². The molecule has 3 aromatic rings. The second-order valence-corrected chi connectivity index (χ2v) is 11.7. The number of amidine groups is 2. The van der Waals surface area contributed by atoms with Crippen molar-refractivity contribution in [3.63, 3.8) is 0 Å². The zero-order valence-electron chi connectivity index (χ0n) is 25.6. The molecule has 13 nitrogen and oxygen atoms in total. The number of hydrogen-bond acceptors (Lipinski definition) is 9. The van der Waals surface area contributed by atoms with E-state index in [4.69, 9.17) is 36.1 Å². The number of hydrogen-bond donors (Lipinski definition) is 5. The van der Waals surface area contributed by atoms with Crippen LogP contribution in [0.25, 0.3) is 0 Å². The molecule has 2 amide bonds. The molecule has 1 aliphatic rings. The molecule has 1 aliphatic carbocycles. The Morgan fingerprint density at radius 2 is 1.31 bits per heavy atom. The van der Waals surface area contributed by atoms with Crippen LogP contribution in [0.5, 0.6) is 23.0 Å². The average molecular weight is 619 g/mol. The Hall–Kier alpha value is -5.46. The molecule has 1 saturated carbocycles. The first kappa shape index (κ1) is 32.5. The highest BCUT2D eigenvalue weighted by Crippen LogP contribution is 2.34. The lowest BCUT2D eigenvalue weighted by molar-refractivity contribution is 0.0483. The highest BCUT2D eigenvalue weighted by Gasteiger charge is 2.35. The number of carbonyl (C=O) groups is 2. The van der Waals surface area contributed by atoms with Gasteiger partial charge in [-0.05, 0) is 101 Å². The smallest absolute Gasteiger partial charge is 0.407 e. The number of oxime groups is 2. The Labute approximate surface area is 261 Å². The quantitative estimate of drug-likeness (QED) is 0.0852. The van der Waals surface area contributed by atoms with Gasteiger partial charge in [-0.2, -0.15) is 0 Å². The van der Waals surface area contributed by atoms with Gasteiger partial charge in [0.2, 0.25) is 0 Å². The fourth-order valence-corrected chi connectivity index (χ4v) is 4.39. The van der Waals surface area contributed by atoms with Gasteiger partial charge in [-0.1, -0.05) is 10.3 Å². The maximum absolute atomic E-state index is 14.0. The number of ether oxygens (including phenoxy) is 3. The number of alkyl carbamates (subject to hydrolysis) is 1. The van der Waals surface area contributed by atoms with Crippen LogP contribution in [0.3, 0.4) is 0 Å². The number of nitrogens with two attached hydrogens (primary N) is 2. The van der Waals surface area contributed by atoms with Crippen molar-refractivity contribution in [3.05, 3.63) is 83.4 Å². The van der Waals surface area contributed by atoms with Crippen molar-refractivity contribution in [1.82, 2.24) is 10.2 Å². The van der Waals surface area contributed by atoms with Gasteiger partial charge in [-0.3, -0.25) is 4.79 Å². The molecule has 0 aromatic heterocycles. The Morgan fingerprint density at radius 1 is 0.844 bits per heavy atom. The minimum Gasteiger partial charge on any atom is -0.457 e. The van der Waals surface area contributed by atoms with Crippen LogP contribution in [-0.2, 0) is 4.74 Å². The second-order valence-electron chi connectivity index (χ2n) is 11.7. The van der Waals surface area contributed by atoms with Crippen LogP contribution >= 0.6 is 0 Å². The number of nitrogens with one attached hydrogen (secondary N) is 1. The van der Waals surface area contributed by atoms with Crippen molar-refractivity contribution in [2.45, 2.75) is 58.2 Å². The summed E-state index contributed by atoms with van der Waals surface area (Å²) in [5.74, 6) is 1.20. The lowest BCUT2D eigenvalue weighted by Gasteiger charge is -2.28. The summed E-state index contributed by atoms with van der Waals surface area (Å²) < 4.78 is 17.6. The summed E-state index contributed by atoms with van der Waals surface area (Å²) in [5, 5.41) is 26.7. The zero-order valence-corrected chi connectivity index (χ0v) is 25.6. The third kappa shape index (κ3) is 9.26. The van der Waals surface area contributed by atoms with E-state index in [1.807, 2.05) is 6.92 Å². The molecule has 0 bridgehead atoms. The molecular formula is C32H38N6O7. The van der Waals surface area contributed by atoms with E-state index < -0.39 is 11.7 Å². The molecule has 238 valence electrons. The molecule has 1 unspecified atom stereocenters. The standard InChI is InChI=1S/C32H38N6O7/c1-19(35-31(40)45-32(2,3)4)18-38(23-9-10-23)30(39)22-15-26(43-24-11-5-20(6-12-24)28(33)36-41)17-27(16-22)44-25-13-7-21(8-14-25)29(34)37-42/h5-8,11-17,19,23,41-42H,9-10,18H2,1-4H3,(H2,33,36)(H2,34,37)(H,35,40). The Kier molecular flexibility index (Phi) is 10.0. The molecule has 4 rings (SSSR count).